The van der Waals surface area contributed by atoms with Crippen LogP contribution in [0.25, 0.3) is 11.1 Å². The van der Waals surface area contributed by atoms with Gasteiger partial charge >= 0.3 is 4.87 Å². The minimum absolute atomic E-state index is 0.0449. The van der Waals surface area contributed by atoms with Crippen molar-refractivity contribution in [3.63, 3.8) is 0 Å². The number of amides is 1. The highest BCUT2D eigenvalue weighted by Crippen LogP contribution is 2.32. The summed E-state index contributed by atoms with van der Waals surface area (Å²) in [5.41, 5.74) is 4.29. The van der Waals surface area contributed by atoms with E-state index in [4.69, 9.17) is 0 Å². The minimum Gasteiger partial charge on any atom is -0.494 e. The molecule has 0 saturated heterocycles. The topological polar surface area (TPSA) is 82.2 Å². The van der Waals surface area contributed by atoms with Crippen LogP contribution >= 0.6 is 11.3 Å². The van der Waals surface area contributed by atoms with Crippen LogP contribution in [0.3, 0.4) is 0 Å². The van der Waals surface area contributed by atoms with Gasteiger partial charge < -0.3 is 10.4 Å². The van der Waals surface area contributed by atoms with E-state index in [2.05, 4.69) is 29.4 Å². The average molecular weight is 451 g/mol. The molecule has 1 unspecified atom stereocenters. The van der Waals surface area contributed by atoms with E-state index in [9.17, 15) is 14.7 Å². The van der Waals surface area contributed by atoms with Crippen LogP contribution in [-0.4, -0.2) is 16.0 Å². The van der Waals surface area contributed by atoms with Crippen molar-refractivity contribution in [2.45, 2.75) is 52.0 Å². The molecule has 0 aliphatic heterocycles. The lowest BCUT2D eigenvalue weighted by Gasteiger charge is -2.18. The number of aromatic amines is 1. The summed E-state index contributed by atoms with van der Waals surface area (Å²) in [6, 6.07) is 16.3. The maximum absolute atomic E-state index is 12.4. The summed E-state index contributed by atoms with van der Waals surface area (Å²) in [5.74, 6) is 1.25. The van der Waals surface area contributed by atoms with Crippen molar-refractivity contribution < 1.29 is 9.90 Å². The van der Waals surface area contributed by atoms with Crippen molar-refractivity contribution in [2.75, 3.05) is 0 Å². The molecule has 4 rings (SSSR count). The second kappa shape index (κ2) is 10.2. The van der Waals surface area contributed by atoms with Gasteiger partial charge in [-0.25, -0.2) is 0 Å². The second-order valence-electron chi connectivity index (χ2n) is 8.86. The van der Waals surface area contributed by atoms with Crippen LogP contribution < -0.4 is 10.2 Å². The van der Waals surface area contributed by atoms with Gasteiger partial charge in [0.05, 0.1) is 4.88 Å². The van der Waals surface area contributed by atoms with Crippen molar-refractivity contribution in [3.8, 4) is 17.0 Å². The molecule has 1 heterocycles. The Labute approximate surface area is 192 Å². The molecule has 32 heavy (non-hydrogen) atoms. The van der Waals surface area contributed by atoms with Crippen LogP contribution in [0.2, 0.25) is 0 Å². The number of benzene rings is 2. The number of aromatic nitrogens is 1. The number of hydrogen-bond donors (Lipinski definition) is 3. The fraction of sp³-hybridized carbons (Fsp3) is 0.385. The predicted octanol–water partition coefficient (Wildman–Crippen LogP) is 5.23. The molecule has 1 aliphatic rings. The number of aromatic hydroxyl groups is 1. The molecule has 1 amide bonds. The van der Waals surface area contributed by atoms with Crippen molar-refractivity contribution in [3.05, 3.63) is 74.2 Å². The summed E-state index contributed by atoms with van der Waals surface area (Å²) in [6.45, 7) is 2.74. The Kier molecular flexibility index (Phi) is 7.10. The first-order valence-electron chi connectivity index (χ1n) is 11.3. The van der Waals surface area contributed by atoms with Gasteiger partial charge in [0.2, 0.25) is 11.8 Å². The highest BCUT2D eigenvalue weighted by atomic mass is 32.1. The van der Waals surface area contributed by atoms with Crippen LogP contribution in [0.4, 0.5) is 0 Å². The van der Waals surface area contributed by atoms with Gasteiger partial charge in [0.15, 0.2) is 0 Å². The van der Waals surface area contributed by atoms with E-state index in [0.29, 0.717) is 36.1 Å². The predicted molar refractivity (Wildman–Crippen MR) is 129 cm³/mol. The lowest BCUT2D eigenvalue weighted by atomic mass is 9.89. The summed E-state index contributed by atoms with van der Waals surface area (Å²) >= 11 is 1.03. The zero-order chi connectivity index (χ0) is 22.5. The van der Waals surface area contributed by atoms with Gasteiger partial charge in [-0.3, -0.25) is 14.6 Å². The highest BCUT2D eigenvalue weighted by Gasteiger charge is 2.23. The lowest BCUT2D eigenvalue weighted by molar-refractivity contribution is -0.122. The van der Waals surface area contributed by atoms with Gasteiger partial charge in [-0.2, -0.15) is 0 Å². The number of H-pyrrole nitrogens is 1. The first-order valence-corrected chi connectivity index (χ1v) is 12.2. The first kappa shape index (κ1) is 22.3. The van der Waals surface area contributed by atoms with E-state index in [1.54, 1.807) is 0 Å². The quantitative estimate of drug-likeness (QED) is 0.439. The summed E-state index contributed by atoms with van der Waals surface area (Å²) in [4.78, 5) is 26.6. The Morgan fingerprint density at radius 3 is 2.56 bits per heavy atom. The van der Waals surface area contributed by atoms with Gasteiger partial charge in [-0.05, 0) is 40.2 Å². The maximum atomic E-state index is 12.4. The number of rotatable bonds is 8. The molecule has 3 N–H and O–H groups in total. The average Bonchev–Trinajstić information content (AvgIpc) is 3.43. The van der Waals surface area contributed by atoms with Gasteiger partial charge in [0.1, 0.15) is 0 Å². The Morgan fingerprint density at radius 2 is 1.88 bits per heavy atom. The van der Waals surface area contributed by atoms with E-state index >= 15 is 0 Å². The normalized spacial score (nSPS) is 15.0. The Hall–Kier alpha value is -2.86. The van der Waals surface area contributed by atoms with E-state index in [0.717, 1.165) is 33.6 Å². The number of hydrogen-bond acceptors (Lipinski definition) is 4. The molecule has 1 aromatic heterocycles. The molecule has 1 atom stereocenters. The van der Waals surface area contributed by atoms with Gasteiger partial charge in [-0.1, -0.05) is 86.4 Å². The molecular formula is C26H30N2O3S. The molecule has 0 bridgehead atoms. The Morgan fingerprint density at radius 1 is 1.12 bits per heavy atom. The van der Waals surface area contributed by atoms with Crippen molar-refractivity contribution >= 4 is 17.2 Å². The third-order valence-corrected chi connectivity index (χ3v) is 7.35. The van der Waals surface area contributed by atoms with Crippen molar-refractivity contribution in [2.24, 2.45) is 11.8 Å². The van der Waals surface area contributed by atoms with E-state index in [1.165, 1.54) is 25.7 Å². The van der Waals surface area contributed by atoms with Crippen molar-refractivity contribution in [1.82, 2.24) is 10.3 Å². The van der Waals surface area contributed by atoms with Crippen LogP contribution in [0.15, 0.2) is 53.3 Å². The first-order chi connectivity index (χ1) is 15.5. The number of carbonyl (C=O) groups is 1. The molecule has 2 aromatic carbocycles. The molecule has 1 fully saturated rings. The summed E-state index contributed by atoms with van der Waals surface area (Å²) in [6.07, 6.45) is 6.27. The molecule has 6 heteroatoms. The fourth-order valence-electron chi connectivity index (χ4n) is 4.59. The molecule has 0 spiro atoms. The van der Waals surface area contributed by atoms with Gasteiger partial charge in [0, 0.05) is 19.4 Å². The highest BCUT2D eigenvalue weighted by molar-refractivity contribution is 7.09. The number of carbonyl (C=O) groups excluding carboxylic acids is 1. The maximum Gasteiger partial charge on any atom is 0.307 e. The van der Waals surface area contributed by atoms with E-state index < -0.39 is 0 Å². The minimum atomic E-state index is -0.244. The monoisotopic (exact) mass is 450 g/mol. The third kappa shape index (κ3) is 5.68. The second-order valence-corrected chi connectivity index (χ2v) is 9.93. The zero-order valence-electron chi connectivity index (χ0n) is 18.4. The Bertz CT molecular complexity index is 1110. The Balaban J connectivity index is 1.34. The molecule has 168 valence electrons. The number of thiazole rings is 1. The summed E-state index contributed by atoms with van der Waals surface area (Å²) in [5, 5.41) is 12.9. The van der Waals surface area contributed by atoms with Gasteiger partial charge in [-0.15, -0.1) is 0 Å². The smallest absolute Gasteiger partial charge is 0.307 e. The van der Waals surface area contributed by atoms with E-state index in [1.807, 2.05) is 36.4 Å². The summed E-state index contributed by atoms with van der Waals surface area (Å²) in [7, 11) is 0. The van der Waals surface area contributed by atoms with Crippen LogP contribution in [0.5, 0.6) is 5.88 Å². The molecule has 3 aromatic rings. The fourth-order valence-corrected chi connectivity index (χ4v) is 5.35. The summed E-state index contributed by atoms with van der Waals surface area (Å²) < 4.78 is 0. The molecule has 0 radical (unpaired) electrons. The standard InChI is InChI=1S/C26H30N2O3S/c1-17(20-6-2-3-7-20)13-24(29)27-16-19-5-4-8-22(14-19)21-11-9-18(10-12-21)15-23-25(30)28-26(31)32-23/h4-5,8-12,14,17,20,30H,2-3,6-7,13,15-16H2,1H3,(H,27,29)(H,28,31). The molecule has 1 aliphatic carbocycles. The molecular weight excluding hydrogens is 420 g/mol. The molecule has 1 saturated carbocycles. The SMILES string of the molecule is CC(CC(=O)NCc1cccc(-c2ccc(Cc3sc(=O)[nH]c3O)cc2)c1)C1CCCC1. The molecule has 5 nitrogen and oxygen atoms in total. The number of nitrogens with one attached hydrogen (secondary N) is 2. The van der Waals surface area contributed by atoms with E-state index in [-0.39, 0.29) is 16.7 Å². The largest absolute Gasteiger partial charge is 0.494 e. The van der Waals surface area contributed by atoms with Crippen LogP contribution in [0, 0.1) is 11.8 Å². The van der Waals surface area contributed by atoms with Gasteiger partial charge in [0.25, 0.3) is 0 Å². The van der Waals surface area contributed by atoms with Crippen LogP contribution in [-0.2, 0) is 17.8 Å². The van der Waals surface area contributed by atoms with Crippen molar-refractivity contribution in [1.29, 1.82) is 0 Å². The third-order valence-electron chi connectivity index (χ3n) is 6.48. The lowest BCUT2D eigenvalue weighted by Crippen LogP contribution is -2.26. The van der Waals surface area contributed by atoms with Crippen LogP contribution in [0.1, 0.15) is 55.0 Å². The zero-order valence-corrected chi connectivity index (χ0v) is 19.2.